The van der Waals surface area contributed by atoms with Gasteiger partial charge in [-0.1, -0.05) is 0 Å². The van der Waals surface area contributed by atoms with E-state index in [2.05, 4.69) is 26.1 Å². The van der Waals surface area contributed by atoms with E-state index in [9.17, 15) is 4.79 Å². The van der Waals surface area contributed by atoms with Crippen molar-refractivity contribution in [1.82, 2.24) is 15.1 Å². The van der Waals surface area contributed by atoms with Crippen LogP contribution < -0.4 is 9.80 Å². The molecule has 0 N–H and O–H groups in total. The summed E-state index contributed by atoms with van der Waals surface area (Å²) in [5, 5.41) is 8.40. The van der Waals surface area contributed by atoms with Gasteiger partial charge in [0.2, 0.25) is 5.91 Å². The van der Waals surface area contributed by atoms with Gasteiger partial charge in [0.1, 0.15) is 6.61 Å². The number of nitrogens with zero attached hydrogens (tertiary/aromatic N) is 5. The lowest BCUT2D eigenvalue weighted by atomic mass is 10.3. The molecule has 0 atom stereocenters. The number of methoxy groups -OCH3 is 1. The normalized spacial score (nSPS) is 19.1. The van der Waals surface area contributed by atoms with Crippen LogP contribution in [0, 0.1) is 0 Å². The van der Waals surface area contributed by atoms with Crippen LogP contribution in [-0.2, 0) is 14.3 Å². The minimum absolute atomic E-state index is 0.0419. The highest BCUT2D eigenvalue weighted by molar-refractivity contribution is 5.77. The summed E-state index contributed by atoms with van der Waals surface area (Å²) in [7, 11) is 1.54. The molecule has 2 aliphatic heterocycles. The predicted octanol–water partition coefficient (Wildman–Crippen LogP) is -0.392. The van der Waals surface area contributed by atoms with Crippen molar-refractivity contribution in [3.05, 3.63) is 12.3 Å². The zero-order valence-corrected chi connectivity index (χ0v) is 13.5. The predicted molar refractivity (Wildman–Crippen MR) is 85.7 cm³/mol. The summed E-state index contributed by atoms with van der Waals surface area (Å²) in [4.78, 5) is 18.1. The molecule has 1 aromatic rings. The average molecular weight is 321 g/mol. The highest BCUT2D eigenvalue weighted by Crippen LogP contribution is 2.20. The van der Waals surface area contributed by atoms with Gasteiger partial charge in [-0.2, -0.15) is 5.10 Å². The van der Waals surface area contributed by atoms with Crippen molar-refractivity contribution in [1.29, 1.82) is 0 Å². The second-order valence-electron chi connectivity index (χ2n) is 5.67. The molecule has 1 amide bonds. The highest BCUT2D eigenvalue weighted by atomic mass is 16.5. The van der Waals surface area contributed by atoms with Crippen LogP contribution in [0.2, 0.25) is 0 Å². The summed E-state index contributed by atoms with van der Waals surface area (Å²) >= 11 is 0. The lowest BCUT2D eigenvalue weighted by molar-refractivity contribution is -0.135. The molecule has 2 saturated heterocycles. The number of carbonyl (C=O) groups is 1. The second kappa shape index (κ2) is 7.56. The Balaban J connectivity index is 1.61. The topological polar surface area (TPSA) is 71.0 Å². The molecule has 23 heavy (non-hydrogen) atoms. The van der Waals surface area contributed by atoms with E-state index in [-0.39, 0.29) is 12.5 Å². The van der Waals surface area contributed by atoms with E-state index in [1.165, 1.54) is 0 Å². The third-order valence-corrected chi connectivity index (χ3v) is 4.23. The van der Waals surface area contributed by atoms with Gasteiger partial charge in [0.25, 0.3) is 0 Å². The molecule has 8 nitrogen and oxygen atoms in total. The molecule has 0 aromatic carbocycles. The van der Waals surface area contributed by atoms with E-state index in [1.807, 2.05) is 4.90 Å². The minimum atomic E-state index is 0.0419. The van der Waals surface area contributed by atoms with Gasteiger partial charge in [-0.3, -0.25) is 4.79 Å². The fraction of sp³-hybridized carbons (Fsp3) is 0.667. The molecule has 0 radical (unpaired) electrons. The van der Waals surface area contributed by atoms with E-state index >= 15 is 0 Å². The maximum absolute atomic E-state index is 11.8. The van der Waals surface area contributed by atoms with Gasteiger partial charge >= 0.3 is 0 Å². The van der Waals surface area contributed by atoms with Gasteiger partial charge in [0, 0.05) is 52.4 Å². The van der Waals surface area contributed by atoms with Crippen molar-refractivity contribution in [2.75, 3.05) is 76.0 Å². The van der Waals surface area contributed by atoms with Crippen molar-refractivity contribution in [3.63, 3.8) is 0 Å². The van der Waals surface area contributed by atoms with E-state index in [1.54, 1.807) is 13.3 Å². The van der Waals surface area contributed by atoms with Gasteiger partial charge in [-0.15, -0.1) is 5.10 Å². The number of carbonyl (C=O) groups excluding carboxylic acids is 1. The van der Waals surface area contributed by atoms with Crippen molar-refractivity contribution < 1.29 is 14.3 Å². The third-order valence-electron chi connectivity index (χ3n) is 4.23. The Kier molecular flexibility index (Phi) is 5.24. The zero-order chi connectivity index (χ0) is 16.1. The fourth-order valence-corrected chi connectivity index (χ4v) is 2.89. The molecular weight excluding hydrogens is 298 g/mol. The number of hydrogen-bond donors (Lipinski definition) is 0. The number of morpholine rings is 1. The summed E-state index contributed by atoms with van der Waals surface area (Å²) < 4.78 is 10.3. The molecule has 0 saturated carbocycles. The fourth-order valence-electron chi connectivity index (χ4n) is 2.89. The maximum Gasteiger partial charge on any atom is 0.248 e. The third kappa shape index (κ3) is 3.89. The Bertz CT molecular complexity index is 528. The van der Waals surface area contributed by atoms with Gasteiger partial charge in [0.15, 0.2) is 5.82 Å². The number of piperazine rings is 1. The smallest absolute Gasteiger partial charge is 0.248 e. The van der Waals surface area contributed by atoms with Crippen LogP contribution in [-0.4, -0.2) is 87.2 Å². The minimum Gasteiger partial charge on any atom is -0.378 e. The van der Waals surface area contributed by atoms with Gasteiger partial charge in [-0.25, -0.2) is 0 Å². The molecule has 3 rings (SSSR count). The summed E-state index contributed by atoms with van der Waals surface area (Å²) in [5.41, 5.74) is 1.08. The van der Waals surface area contributed by atoms with Crippen LogP contribution in [0.5, 0.6) is 0 Å². The van der Waals surface area contributed by atoms with Crippen LogP contribution in [0.15, 0.2) is 12.3 Å². The van der Waals surface area contributed by atoms with Crippen LogP contribution in [0.25, 0.3) is 0 Å². The number of rotatable bonds is 4. The van der Waals surface area contributed by atoms with Crippen LogP contribution in [0.3, 0.4) is 0 Å². The molecule has 126 valence electrons. The first-order valence-corrected chi connectivity index (χ1v) is 7.95. The van der Waals surface area contributed by atoms with Crippen molar-refractivity contribution in [2.45, 2.75) is 0 Å². The Morgan fingerprint density at radius 1 is 1.17 bits per heavy atom. The Labute approximate surface area is 136 Å². The average Bonchev–Trinajstić information content (AvgIpc) is 2.63. The van der Waals surface area contributed by atoms with Crippen LogP contribution in [0.1, 0.15) is 0 Å². The summed E-state index contributed by atoms with van der Waals surface area (Å²) in [6.07, 6.45) is 1.80. The monoisotopic (exact) mass is 321 g/mol. The first-order chi connectivity index (χ1) is 11.3. The standard InChI is InChI=1S/C15H23N5O3/c1-22-12-15(21)20-4-2-19(3-5-20)14-10-13(11-16-17-14)18-6-8-23-9-7-18/h10-11H,2-9,12H2,1H3. The number of hydrogen-bond acceptors (Lipinski definition) is 7. The number of amides is 1. The van der Waals surface area contributed by atoms with E-state index in [4.69, 9.17) is 9.47 Å². The van der Waals surface area contributed by atoms with E-state index in [0.717, 1.165) is 50.9 Å². The largest absolute Gasteiger partial charge is 0.378 e. The molecular formula is C15H23N5O3. The van der Waals surface area contributed by atoms with Gasteiger partial charge in [-0.05, 0) is 0 Å². The first-order valence-electron chi connectivity index (χ1n) is 7.95. The summed E-state index contributed by atoms with van der Waals surface area (Å²) in [6, 6.07) is 2.07. The molecule has 2 fully saturated rings. The molecule has 0 spiro atoms. The number of aromatic nitrogens is 2. The number of anilines is 2. The van der Waals surface area contributed by atoms with Crippen LogP contribution >= 0.6 is 0 Å². The first kappa shape index (κ1) is 15.9. The van der Waals surface area contributed by atoms with E-state index in [0.29, 0.717) is 13.1 Å². The van der Waals surface area contributed by atoms with Crippen LogP contribution in [0.4, 0.5) is 11.5 Å². The number of ether oxygens (including phenoxy) is 2. The Morgan fingerprint density at radius 3 is 2.61 bits per heavy atom. The molecule has 0 aliphatic carbocycles. The van der Waals surface area contributed by atoms with Gasteiger partial charge in [0.05, 0.1) is 25.1 Å². The quantitative estimate of drug-likeness (QED) is 0.748. The molecule has 3 heterocycles. The molecule has 1 aromatic heterocycles. The lowest BCUT2D eigenvalue weighted by Gasteiger charge is -2.35. The zero-order valence-electron chi connectivity index (χ0n) is 13.5. The molecule has 8 heteroatoms. The van der Waals surface area contributed by atoms with E-state index < -0.39 is 0 Å². The van der Waals surface area contributed by atoms with Crippen molar-refractivity contribution >= 4 is 17.4 Å². The Morgan fingerprint density at radius 2 is 1.91 bits per heavy atom. The molecule has 0 unspecified atom stereocenters. The maximum atomic E-state index is 11.8. The summed E-state index contributed by atoms with van der Waals surface area (Å²) in [6.45, 7) is 6.29. The highest BCUT2D eigenvalue weighted by Gasteiger charge is 2.22. The van der Waals surface area contributed by atoms with Gasteiger partial charge < -0.3 is 24.2 Å². The lowest BCUT2D eigenvalue weighted by Crippen LogP contribution is -2.50. The Hall–Kier alpha value is -1.93. The summed E-state index contributed by atoms with van der Waals surface area (Å²) in [5.74, 6) is 0.910. The van der Waals surface area contributed by atoms with Crippen molar-refractivity contribution in [2.24, 2.45) is 0 Å². The molecule has 0 bridgehead atoms. The second-order valence-corrected chi connectivity index (χ2v) is 5.67. The molecule has 2 aliphatic rings. The van der Waals surface area contributed by atoms with Crippen molar-refractivity contribution in [3.8, 4) is 0 Å². The SMILES string of the molecule is COCC(=O)N1CCN(c2cc(N3CCOCC3)cnn2)CC1.